The highest BCUT2D eigenvalue weighted by atomic mass is 16.4. The second-order valence-electron chi connectivity index (χ2n) is 10.8. The van der Waals surface area contributed by atoms with Gasteiger partial charge in [-0.25, -0.2) is 9.59 Å². The maximum Gasteiger partial charge on any atom is 0.336 e. The fourth-order valence-corrected chi connectivity index (χ4v) is 6.56. The summed E-state index contributed by atoms with van der Waals surface area (Å²) in [6.45, 7) is 15.0. The summed E-state index contributed by atoms with van der Waals surface area (Å²) in [7, 11) is 0. The minimum Gasteiger partial charge on any atom is -0.478 e. The number of fused-ring (bicyclic) bond motifs is 1. The topological polar surface area (TPSA) is 133 Å². The number of aromatic carboxylic acids is 2. The number of amides is 2. The lowest BCUT2D eigenvalue weighted by atomic mass is 9.66. The molecule has 2 fully saturated rings. The largest absolute Gasteiger partial charge is 0.478 e. The van der Waals surface area contributed by atoms with Gasteiger partial charge in [-0.15, -0.1) is 0 Å². The number of carboxylic acids is 2. The van der Waals surface area contributed by atoms with Crippen molar-refractivity contribution < 1.29 is 29.4 Å². The van der Waals surface area contributed by atoms with Crippen LogP contribution in [0.15, 0.2) is 50.6 Å². The van der Waals surface area contributed by atoms with E-state index < -0.39 is 23.8 Å². The molecule has 0 spiro atoms. The number of rotatable bonds is 10. The van der Waals surface area contributed by atoms with Crippen molar-refractivity contribution in [2.24, 2.45) is 11.8 Å². The molecule has 2 aliphatic rings. The predicted molar refractivity (Wildman–Crippen MR) is 164 cm³/mol. The van der Waals surface area contributed by atoms with Gasteiger partial charge in [0.25, 0.3) is 11.8 Å². The lowest BCUT2D eigenvalue weighted by Gasteiger charge is -2.46. The van der Waals surface area contributed by atoms with E-state index in [1.54, 1.807) is 12.2 Å². The van der Waals surface area contributed by atoms with E-state index in [2.05, 4.69) is 36.9 Å². The maximum absolute atomic E-state index is 13.5. The molecule has 42 heavy (non-hydrogen) atoms. The Kier molecular flexibility index (Phi) is 9.25. The van der Waals surface area contributed by atoms with Crippen molar-refractivity contribution in [3.63, 3.8) is 0 Å². The Morgan fingerprint density at radius 3 is 1.17 bits per heavy atom. The first kappa shape index (κ1) is 30.2. The monoisotopic (exact) mass is 568 g/mol. The quantitative estimate of drug-likeness (QED) is 0.272. The van der Waals surface area contributed by atoms with Crippen molar-refractivity contribution in [2.45, 2.75) is 50.6 Å². The molecule has 8 nitrogen and oxygen atoms in total. The van der Waals surface area contributed by atoms with E-state index in [0.29, 0.717) is 22.3 Å². The van der Waals surface area contributed by atoms with Crippen LogP contribution in [0.25, 0.3) is 24.3 Å². The summed E-state index contributed by atoms with van der Waals surface area (Å²) in [5, 5.41) is 25.8. The van der Waals surface area contributed by atoms with Gasteiger partial charge in [-0.3, -0.25) is 9.59 Å². The van der Waals surface area contributed by atoms with Crippen molar-refractivity contribution in [1.29, 1.82) is 0 Å². The third-order valence-corrected chi connectivity index (χ3v) is 8.60. The molecule has 2 aromatic carbocycles. The first-order valence-electron chi connectivity index (χ1n) is 14.1. The van der Waals surface area contributed by atoms with Crippen LogP contribution in [0.2, 0.25) is 0 Å². The molecule has 2 aromatic rings. The summed E-state index contributed by atoms with van der Waals surface area (Å²) in [6.07, 6.45) is 11.0. The van der Waals surface area contributed by atoms with Crippen molar-refractivity contribution in [1.82, 2.24) is 10.6 Å². The van der Waals surface area contributed by atoms with Crippen molar-refractivity contribution in [3.8, 4) is 0 Å². The van der Waals surface area contributed by atoms with E-state index in [9.17, 15) is 29.4 Å². The van der Waals surface area contributed by atoms with Crippen LogP contribution < -0.4 is 10.6 Å². The summed E-state index contributed by atoms with van der Waals surface area (Å²) in [4.78, 5) is 50.9. The number of carboxylic acid groups (broad SMARTS) is 2. The highest BCUT2D eigenvalue weighted by molar-refractivity contribution is 6.07. The van der Waals surface area contributed by atoms with Crippen LogP contribution >= 0.6 is 0 Å². The standard InChI is InChI=1S/C34H36N2O6/c1-5-19-15-25(27(33(39)40)17-21(19)7-3)31(37)35-29-13-9-12-24-23(29)11-10-14-30(24)36-32(38)26-16-20(6-2)22(8-4)18-28(26)34(41)42/h5-8,15-18,23-24,29-30H,1-4,9-14H2,(H,35,37)(H,36,38)(H,39,40)(H,41,42). The van der Waals surface area contributed by atoms with Gasteiger partial charge in [0.2, 0.25) is 0 Å². The minimum atomic E-state index is -1.21. The van der Waals surface area contributed by atoms with Gasteiger partial charge < -0.3 is 20.8 Å². The fraction of sp³-hybridized carbons (Fsp3) is 0.294. The van der Waals surface area contributed by atoms with E-state index in [1.807, 2.05) is 0 Å². The minimum absolute atomic E-state index is 0.0629. The van der Waals surface area contributed by atoms with Crippen LogP contribution in [0.4, 0.5) is 0 Å². The molecule has 2 amide bonds. The Balaban J connectivity index is 1.56. The van der Waals surface area contributed by atoms with Crippen LogP contribution in [-0.2, 0) is 0 Å². The molecule has 4 atom stereocenters. The van der Waals surface area contributed by atoms with E-state index in [0.717, 1.165) is 38.5 Å². The fourth-order valence-electron chi connectivity index (χ4n) is 6.56. The first-order chi connectivity index (χ1) is 20.1. The zero-order valence-electron chi connectivity index (χ0n) is 23.5. The number of benzene rings is 2. The molecule has 0 aromatic heterocycles. The van der Waals surface area contributed by atoms with E-state index >= 15 is 0 Å². The van der Waals surface area contributed by atoms with Gasteiger partial charge in [-0.2, -0.15) is 0 Å². The average Bonchev–Trinajstić information content (AvgIpc) is 2.99. The third kappa shape index (κ3) is 5.98. The Bertz CT molecular complexity index is 1380. The zero-order chi connectivity index (χ0) is 30.6. The van der Waals surface area contributed by atoms with Crippen molar-refractivity contribution >= 4 is 48.1 Å². The summed E-state index contributed by atoms with van der Waals surface area (Å²) in [5.74, 6) is -3.19. The lowest BCUT2D eigenvalue weighted by molar-refractivity contribution is 0.0645. The number of hydrogen-bond donors (Lipinski definition) is 4. The SMILES string of the molecule is C=Cc1cc(C(=O)O)c(C(=O)NC2CCCC3C(NC(=O)c4cc(C=C)c(C=C)cc4C(=O)O)CCCC23)cc1C=C. The molecule has 0 aliphatic heterocycles. The van der Waals surface area contributed by atoms with Gasteiger partial charge in [-0.05, 0) is 84.0 Å². The van der Waals surface area contributed by atoms with Crippen molar-refractivity contribution in [3.05, 3.63) is 95.1 Å². The summed E-state index contributed by atoms with van der Waals surface area (Å²) >= 11 is 0. The Hall–Kier alpha value is -4.72. The van der Waals surface area contributed by atoms with Crippen molar-refractivity contribution in [2.75, 3.05) is 0 Å². The van der Waals surface area contributed by atoms with Crippen LogP contribution in [0.5, 0.6) is 0 Å². The van der Waals surface area contributed by atoms with Gasteiger partial charge in [-0.1, -0.05) is 63.5 Å². The number of hydrogen-bond acceptors (Lipinski definition) is 4. The first-order valence-corrected chi connectivity index (χ1v) is 14.1. The lowest BCUT2D eigenvalue weighted by Crippen LogP contribution is -2.54. The second kappa shape index (κ2) is 12.9. The molecule has 4 N–H and O–H groups in total. The second-order valence-corrected chi connectivity index (χ2v) is 10.8. The molecule has 8 heteroatoms. The smallest absolute Gasteiger partial charge is 0.336 e. The van der Waals surface area contributed by atoms with Gasteiger partial charge in [0.1, 0.15) is 0 Å². The predicted octanol–water partition coefficient (Wildman–Crippen LogP) is 6.15. The summed E-state index contributed by atoms with van der Waals surface area (Å²) < 4.78 is 0. The van der Waals surface area contributed by atoms with Crippen LogP contribution in [0, 0.1) is 11.8 Å². The highest BCUT2D eigenvalue weighted by Crippen LogP contribution is 2.41. The van der Waals surface area contributed by atoms with Crippen LogP contribution in [0.1, 0.15) is 102 Å². The number of carbonyl (C=O) groups excluding carboxylic acids is 2. The van der Waals surface area contributed by atoms with Gasteiger partial charge in [0, 0.05) is 12.1 Å². The number of nitrogens with one attached hydrogen (secondary N) is 2. The van der Waals surface area contributed by atoms with E-state index in [-0.39, 0.29) is 46.2 Å². The van der Waals surface area contributed by atoms with Crippen LogP contribution in [0.3, 0.4) is 0 Å². The van der Waals surface area contributed by atoms with Gasteiger partial charge in [0.05, 0.1) is 22.3 Å². The van der Waals surface area contributed by atoms with Crippen LogP contribution in [-0.4, -0.2) is 46.0 Å². The molecule has 0 bridgehead atoms. The molecule has 4 unspecified atom stereocenters. The molecular formula is C34H36N2O6. The zero-order valence-corrected chi connectivity index (χ0v) is 23.5. The molecule has 0 radical (unpaired) electrons. The number of carbonyl (C=O) groups is 4. The molecule has 0 saturated heterocycles. The normalized spacial score (nSPS) is 21.2. The Morgan fingerprint density at radius 1 is 0.571 bits per heavy atom. The Morgan fingerprint density at radius 2 is 0.881 bits per heavy atom. The molecule has 2 saturated carbocycles. The van der Waals surface area contributed by atoms with E-state index in [4.69, 9.17) is 0 Å². The molecule has 4 rings (SSSR count). The maximum atomic E-state index is 13.5. The van der Waals surface area contributed by atoms with Gasteiger partial charge in [0.15, 0.2) is 0 Å². The molecular weight excluding hydrogens is 532 g/mol. The van der Waals surface area contributed by atoms with Gasteiger partial charge >= 0.3 is 11.9 Å². The Labute approximate surface area is 245 Å². The summed E-state index contributed by atoms with van der Waals surface area (Å²) in [6, 6.07) is 5.53. The molecule has 218 valence electrons. The molecule has 2 aliphatic carbocycles. The highest BCUT2D eigenvalue weighted by Gasteiger charge is 2.41. The third-order valence-electron chi connectivity index (χ3n) is 8.60. The van der Waals surface area contributed by atoms with E-state index in [1.165, 1.54) is 36.4 Å². The molecule has 0 heterocycles. The average molecular weight is 569 g/mol. The summed E-state index contributed by atoms with van der Waals surface area (Å²) in [5.41, 5.74) is 2.29.